The van der Waals surface area contributed by atoms with Gasteiger partial charge in [0.2, 0.25) is 11.8 Å². The van der Waals surface area contributed by atoms with Gasteiger partial charge in [0, 0.05) is 50.9 Å². The lowest BCUT2D eigenvalue weighted by Crippen LogP contribution is -2.48. The predicted molar refractivity (Wildman–Crippen MR) is 151 cm³/mol. The number of benzene rings is 1. The molecule has 3 atom stereocenters. The molecule has 0 radical (unpaired) electrons. The van der Waals surface area contributed by atoms with Crippen LogP contribution < -0.4 is 0 Å². The number of nitrogens with zero attached hydrogens (tertiary/aromatic N) is 2. The molecule has 0 spiro atoms. The summed E-state index contributed by atoms with van der Waals surface area (Å²) in [7, 11) is 0. The second-order valence-electron chi connectivity index (χ2n) is 13.2. The number of carbonyl (C=O) groups is 1. The summed E-state index contributed by atoms with van der Waals surface area (Å²) in [5, 5.41) is 11.1. The van der Waals surface area contributed by atoms with Crippen LogP contribution in [0.25, 0.3) is 0 Å². The highest BCUT2D eigenvalue weighted by molar-refractivity contribution is 5.76. The number of likely N-dealkylation sites (tertiary alicyclic amines) is 1. The van der Waals surface area contributed by atoms with Crippen LogP contribution in [0.5, 0.6) is 0 Å². The first kappa shape index (κ1) is 30.4. The fraction of sp³-hybridized carbons (Fsp3) is 0.781. The molecule has 2 heterocycles. The second kappa shape index (κ2) is 13.9. The van der Waals surface area contributed by atoms with Gasteiger partial charge in [-0.2, -0.15) is 0 Å². The maximum atomic E-state index is 13.8. The zero-order chi connectivity index (χ0) is 27.9. The van der Waals surface area contributed by atoms with Gasteiger partial charge in [0.25, 0.3) is 0 Å². The summed E-state index contributed by atoms with van der Waals surface area (Å²) in [6.07, 6.45) is 5.62. The van der Waals surface area contributed by atoms with Gasteiger partial charge >= 0.3 is 0 Å². The summed E-state index contributed by atoms with van der Waals surface area (Å²) in [5.74, 6) is -1.68. The van der Waals surface area contributed by atoms with E-state index in [4.69, 9.17) is 4.74 Å². The molecule has 1 aromatic rings. The lowest BCUT2D eigenvalue weighted by Gasteiger charge is -2.40. The van der Waals surface area contributed by atoms with E-state index >= 15 is 0 Å². The second-order valence-corrected chi connectivity index (χ2v) is 13.2. The van der Waals surface area contributed by atoms with Crippen molar-refractivity contribution in [1.82, 2.24) is 9.80 Å². The largest absolute Gasteiger partial charge is 0.391 e. The van der Waals surface area contributed by atoms with Crippen molar-refractivity contribution in [3.05, 3.63) is 35.9 Å². The van der Waals surface area contributed by atoms with Crippen LogP contribution in [-0.4, -0.2) is 78.8 Å². The third kappa shape index (κ3) is 9.22. The number of aliphatic hydroxyl groups is 1. The number of piperidine rings is 1. The number of alkyl halides is 2. The fourth-order valence-electron chi connectivity index (χ4n) is 6.67. The molecule has 7 heteroatoms. The lowest BCUT2D eigenvalue weighted by molar-refractivity contribution is -0.137. The van der Waals surface area contributed by atoms with Gasteiger partial charge in [-0.15, -0.1) is 0 Å². The van der Waals surface area contributed by atoms with E-state index in [1.165, 1.54) is 5.56 Å². The molecule has 39 heavy (non-hydrogen) atoms. The zero-order valence-corrected chi connectivity index (χ0v) is 24.1. The molecule has 1 aromatic carbocycles. The molecule has 1 saturated carbocycles. The number of carbonyl (C=O) groups excluding carboxylic acids is 1. The highest BCUT2D eigenvalue weighted by Crippen LogP contribution is 2.37. The van der Waals surface area contributed by atoms with Gasteiger partial charge in [-0.1, -0.05) is 44.2 Å². The number of hydrogen-bond donors (Lipinski definition) is 1. The summed E-state index contributed by atoms with van der Waals surface area (Å²) in [6.45, 7) is 8.86. The number of hydrogen-bond acceptors (Lipinski definition) is 4. The standard InChI is InChI=1S/C32H50F2N2O3/c1-31(2)24-39-19-7-11-28-22-35(17-6-10-25-8-4-3-5-9-25)18-14-27(28)20-30(38)36(23-29(31)37)21-26-12-15-32(33,34)16-13-26/h3-5,8-9,26-29,37H,6-7,10-24H2,1-2H3/t27-,28-,29-/m0/s1. The Kier molecular flexibility index (Phi) is 10.8. The highest BCUT2D eigenvalue weighted by atomic mass is 19.3. The van der Waals surface area contributed by atoms with Crippen molar-refractivity contribution in [2.24, 2.45) is 23.2 Å². The average molecular weight is 549 g/mol. The first-order valence-electron chi connectivity index (χ1n) is 15.3. The minimum absolute atomic E-state index is 0.0677. The van der Waals surface area contributed by atoms with Gasteiger partial charge in [0.15, 0.2) is 0 Å². The Balaban J connectivity index is 1.39. The minimum Gasteiger partial charge on any atom is -0.391 e. The number of fused-ring (bicyclic) bond motifs is 1. The number of aliphatic hydroxyl groups excluding tert-OH is 1. The molecular formula is C32H50F2N2O3. The van der Waals surface area contributed by atoms with Crippen LogP contribution in [0.3, 0.4) is 0 Å². The average Bonchev–Trinajstić information content (AvgIpc) is 2.91. The Labute approximate surface area is 234 Å². The van der Waals surface area contributed by atoms with E-state index in [1.807, 2.05) is 18.7 Å². The lowest BCUT2D eigenvalue weighted by atomic mass is 9.79. The third-order valence-corrected chi connectivity index (χ3v) is 9.50. The molecule has 5 nitrogen and oxygen atoms in total. The predicted octanol–water partition coefficient (Wildman–Crippen LogP) is 5.80. The van der Waals surface area contributed by atoms with Crippen LogP contribution in [0, 0.1) is 23.2 Å². The molecule has 2 aliphatic heterocycles. The Morgan fingerprint density at radius 1 is 1.03 bits per heavy atom. The van der Waals surface area contributed by atoms with Crippen LogP contribution >= 0.6 is 0 Å². The molecule has 4 rings (SSSR count). The van der Waals surface area contributed by atoms with Crippen LogP contribution in [0.1, 0.15) is 77.2 Å². The smallest absolute Gasteiger partial charge is 0.248 e. The Morgan fingerprint density at radius 3 is 2.51 bits per heavy atom. The molecule has 0 unspecified atom stereocenters. The number of rotatable bonds is 6. The Hall–Kier alpha value is -1.57. The summed E-state index contributed by atoms with van der Waals surface area (Å²) < 4.78 is 33.6. The normalized spacial score (nSPS) is 29.6. The maximum absolute atomic E-state index is 13.8. The summed E-state index contributed by atoms with van der Waals surface area (Å²) in [6, 6.07) is 10.6. The molecule has 3 fully saturated rings. The van der Waals surface area contributed by atoms with Crippen LogP contribution in [0.2, 0.25) is 0 Å². The van der Waals surface area contributed by atoms with E-state index in [1.54, 1.807) is 0 Å². The van der Waals surface area contributed by atoms with Crippen molar-refractivity contribution in [3.63, 3.8) is 0 Å². The van der Waals surface area contributed by atoms with Crippen molar-refractivity contribution in [2.45, 2.75) is 90.1 Å². The zero-order valence-electron chi connectivity index (χ0n) is 24.1. The van der Waals surface area contributed by atoms with Gasteiger partial charge in [0.1, 0.15) is 0 Å². The van der Waals surface area contributed by atoms with Gasteiger partial charge in [-0.3, -0.25) is 4.79 Å². The third-order valence-electron chi connectivity index (χ3n) is 9.50. The van der Waals surface area contributed by atoms with Gasteiger partial charge in [0.05, 0.1) is 12.7 Å². The first-order valence-corrected chi connectivity index (χ1v) is 15.3. The molecule has 0 bridgehead atoms. The number of ether oxygens (including phenoxy) is 1. The summed E-state index contributed by atoms with van der Waals surface area (Å²) in [4.78, 5) is 18.1. The molecule has 0 aromatic heterocycles. The molecular weight excluding hydrogens is 498 g/mol. The number of amides is 1. The summed E-state index contributed by atoms with van der Waals surface area (Å²) >= 11 is 0. The summed E-state index contributed by atoms with van der Waals surface area (Å²) in [5.41, 5.74) is 0.887. The molecule has 220 valence electrons. The van der Waals surface area contributed by atoms with Crippen molar-refractivity contribution >= 4 is 5.91 Å². The van der Waals surface area contributed by atoms with Crippen molar-refractivity contribution in [2.75, 3.05) is 45.9 Å². The van der Waals surface area contributed by atoms with Gasteiger partial charge < -0.3 is 19.6 Å². The number of halogens is 2. The van der Waals surface area contributed by atoms with Crippen molar-refractivity contribution < 1.29 is 23.4 Å². The van der Waals surface area contributed by atoms with Crippen molar-refractivity contribution in [1.29, 1.82) is 0 Å². The maximum Gasteiger partial charge on any atom is 0.248 e. The van der Waals surface area contributed by atoms with E-state index < -0.39 is 17.4 Å². The fourth-order valence-corrected chi connectivity index (χ4v) is 6.67. The van der Waals surface area contributed by atoms with Crippen LogP contribution in [0.15, 0.2) is 30.3 Å². The minimum atomic E-state index is -2.58. The van der Waals surface area contributed by atoms with Crippen molar-refractivity contribution in [3.8, 4) is 0 Å². The molecule has 3 aliphatic rings. The first-order chi connectivity index (χ1) is 18.6. The van der Waals surface area contributed by atoms with E-state index in [-0.39, 0.29) is 31.2 Å². The topological polar surface area (TPSA) is 53.0 Å². The van der Waals surface area contributed by atoms with E-state index in [2.05, 4.69) is 35.2 Å². The van der Waals surface area contributed by atoms with E-state index in [0.717, 1.165) is 51.7 Å². The molecule has 1 aliphatic carbocycles. The van der Waals surface area contributed by atoms with Crippen LogP contribution in [-0.2, 0) is 16.0 Å². The molecule has 1 N–H and O–H groups in total. The van der Waals surface area contributed by atoms with E-state index in [0.29, 0.717) is 50.9 Å². The van der Waals surface area contributed by atoms with Gasteiger partial charge in [-0.25, -0.2) is 8.78 Å². The highest BCUT2D eigenvalue weighted by Gasteiger charge is 2.38. The number of β-amino-alcohol motifs (C(OH)–C–C–N with tert-alkyl or cyclic N) is 1. The quantitative estimate of drug-likeness (QED) is 0.488. The van der Waals surface area contributed by atoms with Crippen LogP contribution in [0.4, 0.5) is 8.78 Å². The number of aryl methyl sites for hydroxylation is 1. The Bertz CT molecular complexity index is 887. The molecule has 1 amide bonds. The van der Waals surface area contributed by atoms with Gasteiger partial charge in [-0.05, 0) is 81.4 Å². The van der Waals surface area contributed by atoms with E-state index in [9.17, 15) is 18.7 Å². The monoisotopic (exact) mass is 548 g/mol. The Morgan fingerprint density at radius 2 is 1.77 bits per heavy atom. The molecule has 2 saturated heterocycles. The SMILES string of the molecule is CC1(C)COCCC[C@H]2CN(CCCc3ccccc3)CC[C@H]2CC(=O)N(CC2CCC(F)(F)CC2)C[C@@H]1O.